The predicted molar refractivity (Wildman–Crippen MR) is 83.2 cm³/mol. The van der Waals surface area contributed by atoms with Crippen molar-refractivity contribution in [2.24, 2.45) is 5.73 Å². The second-order valence-corrected chi connectivity index (χ2v) is 5.28. The highest BCUT2D eigenvalue weighted by Gasteiger charge is 2.29. The first-order chi connectivity index (χ1) is 10.7. The van der Waals surface area contributed by atoms with Crippen molar-refractivity contribution in [1.82, 2.24) is 5.32 Å². The molecule has 0 saturated carbocycles. The van der Waals surface area contributed by atoms with Crippen molar-refractivity contribution in [1.29, 1.82) is 0 Å². The number of benzene rings is 1. The molecule has 2 rings (SSSR count). The average Bonchev–Trinajstić information content (AvgIpc) is 3.04. The minimum absolute atomic E-state index is 0.0115. The van der Waals surface area contributed by atoms with E-state index in [0.717, 1.165) is 29.9 Å². The van der Waals surface area contributed by atoms with Gasteiger partial charge in [-0.2, -0.15) is 0 Å². The third kappa shape index (κ3) is 4.11. The van der Waals surface area contributed by atoms with Gasteiger partial charge in [-0.15, -0.1) is 0 Å². The molecule has 1 amide bonds. The first-order valence-corrected chi connectivity index (χ1v) is 7.52. The summed E-state index contributed by atoms with van der Waals surface area (Å²) in [5.74, 6) is 1.44. The number of nitrogens with one attached hydrogen (secondary N) is 1. The highest BCUT2D eigenvalue weighted by molar-refractivity contribution is 5.81. The van der Waals surface area contributed by atoms with Crippen LogP contribution in [0.15, 0.2) is 18.2 Å². The summed E-state index contributed by atoms with van der Waals surface area (Å²) in [7, 11) is 3.24. The minimum atomic E-state index is -0.369. The van der Waals surface area contributed by atoms with Gasteiger partial charge >= 0.3 is 0 Å². The number of methoxy groups -OCH3 is 2. The van der Waals surface area contributed by atoms with E-state index in [1.165, 1.54) is 0 Å². The maximum atomic E-state index is 12.0. The zero-order valence-electron chi connectivity index (χ0n) is 13.1. The maximum absolute atomic E-state index is 12.0. The molecule has 1 fully saturated rings. The Labute approximate surface area is 130 Å². The van der Waals surface area contributed by atoms with Gasteiger partial charge in [-0.05, 0) is 30.9 Å². The summed E-state index contributed by atoms with van der Waals surface area (Å²) >= 11 is 0. The Morgan fingerprint density at radius 3 is 2.82 bits per heavy atom. The van der Waals surface area contributed by atoms with Gasteiger partial charge in [-0.3, -0.25) is 4.79 Å². The number of nitrogens with two attached hydrogens (primary N) is 1. The van der Waals surface area contributed by atoms with E-state index < -0.39 is 0 Å². The summed E-state index contributed by atoms with van der Waals surface area (Å²) in [4.78, 5) is 12.0. The second-order valence-electron chi connectivity index (χ2n) is 5.28. The van der Waals surface area contributed by atoms with Crippen molar-refractivity contribution in [2.45, 2.75) is 31.5 Å². The molecule has 6 heteroatoms. The number of carbonyl (C=O) groups excluding carboxylic acids is 1. The number of rotatable bonds is 7. The van der Waals surface area contributed by atoms with Crippen LogP contribution in [0.3, 0.4) is 0 Å². The van der Waals surface area contributed by atoms with Gasteiger partial charge in [0.05, 0.1) is 20.3 Å². The fourth-order valence-electron chi connectivity index (χ4n) is 2.56. The topological polar surface area (TPSA) is 82.8 Å². The van der Waals surface area contributed by atoms with Gasteiger partial charge in [0.2, 0.25) is 5.91 Å². The predicted octanol–water partition coefficient (Wildman–Crippen LogP) is 0.869. The van der Waals surface area contributed by atoms with E-state index in [9.17, 15) is 4.79 Å². The molecule has 6 nitrogen and oxygen atoms in total. The smallest absolute Gasteiger partial charge is 0.249 e. The van der Waals surface area contributed by atoms with E-state index in [2.05, 4.69) is 5.32 Å². The molecule has 1 heterocycles. The molecule has 0 radical (unpaired) electrons. The lowest BCUT2D eigenvalue weighted by Gasteiger charge is -2.14. The Morgan fingerprint density at radius 2 is 2.18 bits per heavy atom. The van der Waals surface area contributed by atoms with Crippen LogP contribution in [0.4, 0.5) is 0 Å². The molecule has 1 aliphatic heterocycles. The number of amides is 1. The fourth-order valence-corrected chi connectivity index (χ4v) is 2.56. The largest absolute Gasteiger partial charge is 0.497 e. The Morgan fingerprint density at radius 1 is 1.36 bits per heavy atom. The number of ether oxygens (including phenoxy) is 3. The molecule has 122 valence electrons. The molecule has 1 aromatic carbocycles. The van der Waals surface area contributed by atoms with Gasteiger partial charge in [0, 0.05) is 19.2 Å². The van der Waals surface area contributed by atoms with Crippen molar-refractivity contribution in [2.75, 3.05) is 27.3 Å². The van der Waals surface area contributed by atoms with Crippen LogP contribution in [0.5, 0.6) is 11.5 Å². The summed E-state index contributed by atoms with van der Waals surface area (Å²) in [6.45, 7) is 1.00. The van der Waals surface area contributed by atoms with E-state index in [1.807, 2.05) is 18.2 Å². The lowest BCUT2D eigenvalue weighted by Crippen LogP contribution is -2.36. The van der Waals surface area contributed by atoms with E-state index in [-0.39, 0.29) is 18.1 Å². The molecule has 3 N–H and O–H groups in total. The highest BCUT2D eigenvalue weighted by atomic mass is 16.5. The molecule has 22 heavy (non-hydrogen) atoms. The van der Waals surface area contributed by atoms with Crippen molar-refractivity contribution in [3.8, 4) is 11.5 Å². The Bertz CT molecular complexity index is 507. The van der Waals surface area contributed by atoms with Crippen LogP contribution in [-0.2, 0) is 16.0 Å². The van der Waals surface area contributed by atoms with Gasteiger partial charge in [-0.25, -0.2) is 0 Å². The normalized spacial score (nSPS) is 20.7. The quantitative estimate of drug-likeness (QED) is 0.781. The molecule has 2 atom stereocenters. The van der Waals surface area contributed by atoms with Crippen LogP contribution in [0, 0.1) is 0 Å². The summed E-state index contributed by atoms with van der Waals surface area (Å²) in [5.41, 5.74) is 6.57. The van der Waals surface area contributed by atoms with Gasteiger partial charge in [-0.1, -0.05) is 6.07 Å². The minimum Gasteiger partial charge on any atom is -0.497 e. The van der Waals surface area contributed by atoms with Crippen LogP contribution < -0.4 is 20.5 Å². The molecule has 0 aromatic heterocycles. The Kier molecular flexibility index (Phi) is 6.03. The van der Waals surface area contributed by atoms with Gasteiger partial charge in [0.25, 0.3) is 0 Å². The van der Waals surface area contributed by atoms with Crippen molar-refractivity contribution in [3.63, 3.8) is 0 Å². The molecule has 1 saturated heterocycles. The summed E-state index contributed by atoms with van der Waals surface area (Å²) in [6.07, 6.45) is 1.91. The third-order valence-electron chi connectivity index (χ3n) is 3.85. The number of hydrogen-bond donors (Lipinski definition) is 2. The van der Waals surface area contributed by atoms with Crippen LogP contribution in [0.1, 0.15) is 18.4 Å². The molecule has 1 aromatic rings. The van der Waals surface area contributed by atoms with E-state index >= 15 is 0 Å². The van der Waals surface area contributed by atoms with Crippen LogP contribution in [0.25, 0.3) is 0 Å². The average molecular weight is 308 g/mol. The molecule has 0 bridgehead atoms. The molecular formula is C16H24N2O4. The molecule has 0 spiro atoms. The standard InChI is InChI=1S/C16H24N2O4/c1-20-12-4-3-11(15(9-12)21-2)7-8-18-16(19)14-6-5-13(10-17)22-14/h3-4,9,13-14H,5-8,10,17H2,1-2H3,(H,18,19)/t13-,14+/m1/s1. The number of carbonyl (C=O) groups is 1. The Hall–Kier alpha value is -1.79. The molecule has 1 aliphatic rings. The molecular weight excluding hydrogens is 284 g/mol. The fraction of sp³-hybridized carbons (Fsp3) is 0.562. The maximum Gasteiger partial charge on any atom is 0.249 e. The lowest BCUT2D eigenvalue weighted by molar-refractivity contribution is -0.131. The summed E-state index contributed by atoms with van der Waals surface area (Å²) in [5, 5.41) is 2.91. The Balaban J connectivity index is 1.82. The molecule has 0 aliphatic carbocycles. The van der Waals surface area contributed by atoms with Crippen LogP contribution >= 0.6 is 0 Å². The van der Waals surface area contributed by atoms with Gasteiger partial charge in [0.15, 0.2) is 0 Å². The van der Waals surface area contributed by atoms with Crippen molar-refractivity contribution >= 4 is 5.91 Å². The summed E-state index contributed by atoms with van der Waals surface area (Å²) in [6, 6.07) is 5.66. The SMILES string of the molecule is COc1ccc(CCNC(=O)[C@@H]2CC[C@H](CN)O2)c(OC)c1. The summed E-state index contributed by atoms with van der Waals surface area (Å²) < 4.78 is 16.1. The van der Waals surface area contributed by atoms with E-state index in [1.54, 1.807) is 14.2 Å². The lowest BCUT2D eigenvalue weighted by atomic mass is 10.1. The molecule has 0 unspecified atom stereocenters. The van der Waals surface area contributed by atoms with E-state index in [0.29, 0.717) is 19.5 Å². The monoisotopic (exact) mass is 308 g/mol. The zero-order chi connectivity index (χ0) is 15.9. The second kappa shape index (κ2) is 8.00. The van der Waals surface area contributed by atoms with Crippen LogP contribution in [0.2, 0.25) is 0 Å². The van der Waals surface area contributed by atoms with E-state index in [4.69, 9.17) is 19.9 Å². The highest BCUT2D eigenvalue weighted by Crippen LogP contribution is 2.24. The zero-order valence-corrected chi connectivity index (χ0v) is 13.1. The number of hydrogen-bond acceptors (Lipinski definition) is 5. The first-order valence-electron chi connectivity index (χ1n) is 7.52. The third-order valence-corrected chi connectivity index (χ3v) is 3.85. The van der Waals surface area contributed by atoms with Crippen LogP contribution in [-0.4, -0.2) is 45.4 Å². The van der Waals surface area contributed by atoms with Gasteiger partial charge < -0.3 is 25.3 Å². The van der Waals surface area contributed by atoms with Gasteiger partial charge in [0.1, 0.15) is 17.6 Å². The van der Waals surface area contributed by atoms with Crippen molar-refractivity contribution < 1.29 is 19.0 Å². The van der Waals surface area contributed by atoms with Crippen molar-refractivity contribution in [3.05, 3.63) is 23.8 Å². The first kappa shape index (κ1) is 16.6.